The van der Waals surface area contributed by atoms with Gasteiger partial charge >= 0.3 is 6.16 Å². The van der Waals surface area contributed by atoms with E-state index in [-0.39, 0.29) is 35.4 Å². The van der Waals surface area contributed by atoms with Crippen LogP contribution in [0.5, 0.6) is 0 Å². The Bertz CT molecular complexity index is 755. The molecule has 5 rings (SSSR count). The zero-order chi connectivity index (χ0) is 18.8. The molecule has 4 fully saturated rings. The number of aliphatic hydroxyl groups is 2. The van der Waals surface area contributed by atoms with Crippen LogP contribution < -0.4 is 0 Å². The third-order valence-electron chi connectivity index (χ3n) is 8.37. The van der Waals surface area contributed by atoms with Crippen LogP contribution in [0.15, 0.2) is 11.6 Å². The molecule has 5 aliphatic rings. The van der Waals surface area contributed by atoms with E-state index in [1.54, 1.807) is 6.92 Å². The van der Waals surface area contributed by atoms with Crippen LogP contribution in [0.3, 0.4) is 0 Å². The van der Waals surface area contributed by atoms with Gasteiger partial charge in [0.05, 0.1) is 11.5 Å². The van der Waals surface area contributed by atoms with Crippen LogP contribution in [0.1, 0.15) is 40.5 Å². The summed E-state index contributed by atoms with van der Waals surface area (Å²) in [6, 6.07) is 0. The van der Waals surface area contributed by atoms with E-state index in [0.29, 0.717) is 5.92 Å². The van der Waals surface area contributed by atoms with Gasteiger partial charge in [-0.15, -0.1) is 0 Å². The minimum Gasteiger partial charge on any atom is -0.422 e. The molecule has 3 saturated carbocycles. The van der Waals surface area contributed by atoms with Crippen molar-refractivity contribution in [2.45, 2.75) is 64.4 Å². The molecule has 0 aromatic heterocycles. The van der Waals surface area contributed by atoms with Crippen LogP contribution in [0.4, 0.5) is 4.79 Å². The van der Waals surface area contributed by atoms with Crippen molar-refractivity contribution < 1.29 is 29.3 Å². The van der Waals surface area contributed by atoms with Gasteiger partial charge in [0, 0.05) is 5.92 Å². The predicted molar refractivity (Wildman–Crippen MR) is 89.9 cm³/mol. The topological polar surface area (TPSA) is 93.1 Å². The Morgan fingerprint density at radius 3 is 2.58 bits per heavy atom. The third kappa shape index (κ3) is 1.51. The van der Waals surface area contributed by atoms with E-state index in [1.807, 2.05) is 13.0 Å². The molecule has 6 nitrogen and oxygen atoms in total. The van der Waals surface area contributed by atoms with Crippen LogP contribution in [-0.4, -0.2) is 46.1 Å². The van der Waals surface area contributed by atoms with Crippen molar-refractivity contribution in [1.82, 2.24) is 0 Å². The molecular weight excluding hydrogens is 336 g/mol. The molecule has 2 N–H and O–H groups in total. The molecular formula is C20H26O6. The maximum absolute atomic E-state index is 14.0. The number of fused-ring (bicyclic) bond motifs is 3. The van der Waals surface area contributed by atoms with Crippen LogP contribution in [0, 0.1) is 34.5 Å². The van der Waals surface area contributed by atoms with E-state index in [9.17, 15) is 19.8 Å². The minimum absolute atomic E-state index is 0.00109. The second kappa shape index (κ2) is 4.53. The van der Waals surface area contributed by atoms with Crippen LogP contribution in [0.25, 0.3) is 0 Å². The van der Waals surface area contributed by atoms with Gasteiger partial charge in [-0.1, -0.05) is 26.8 Å². The molecule has 1 heterocycles. The van der Waals surface area contributed by atoms with E-state index in [4.69, 9.17) is 9.47 Å². The Balaban J connectivity index is 1.77. The van der Waals surface area contributed by atoms with E-state index < -0.39 is 35.5 Å². The maximum Gasteiger partial charge on any atom is 0.509 e. The zero-order valence-electron chi connectivity index (χ0n) is 15.6. The summed E-state index contributed by atoms with van der Waals surface area (Å²) in [7, 11) is 0. The number of aliphatic hydroxyl groups excluding tert-OH is 2. The highest BCUT2D eigenvalue weighted by Crippen LogP contribution is 2.73. The summed E-state index contributed by atoms with van der Waals surface area (Å²) in [5.74, 6) is 0.129. The highest BCUT2D eigenvalue weighted by molar-refractivity contribution is 5.94. The number of hydrogen-bond acceptors (Lipinski definition) is 6. The highest BCUT2D eigenvalue weighted by Gasteiger charge is 2.81. The van der Waals surface area contributed by atoms with Gasteiger partial charge in [0.15, 0.2) is 11.9 Å². The molecule has 0 aromatic carbocycles. The van der Waals surface area contributed by atoms with Gasteiger partial charge in [-0.2, -0.15) is 0 Å². The molecule has 0 unspecified atom stereocenters. The highest BCUT2D eigenvalue weighted by atomic mass is 16.8. The molecule has 6 heteroatoms. The number of ether oxygens (including phenoxy) is 2. The first-order chi connectivity index (χ1) is 12.1. The van der Waals surface area contributed by atoms with Crippen LogP contribution in [0.2, 0.25) is 0 Å². The summed E-state index contributed by atoms with van der Waals surface area (Å²) in [5, 5.41) is 21.9. The first-order valence-corrected chi connectivity index (χ1v) is 9.58. The average Bonchev–Trinajstić information content (AvgIpc) is 2.87. The minimum atomic E-state index is -1.56. The fourth-order valence-corrected chi connectivity index (χ4v) is 7.17. The second-order valence-corrected chi connectivity index (χ2v) is 9.71. The number of rotatable bonds is 0. The van der Waals surface area contributed by atoms with Gasteiger partial charge in [0.2, 0.25) is 5.60 Å². The fraction of sp³-hybridized carbons (Fsp3) is 0.800. The summed E-state index contributed by atoms with van der Waals surface area (Å²) in [6.45, 7) is 8.18. The van der Waals surface area contributed by atoms with Gasteiger partial charge in [-0.05, 0) is 48.5 Å². The predicted octanol–water partition coefficient (Wildman–Crippen LogP) is 1.83. The normalized spacial score (nSPS) is 56.2. The Labute approximate surface area is 152 Å². The summed E-state index contributed by atoms with van der Waals surface area (Å²) in [6.07, 6.45) is -1.28. The van der Waals surface area contributed by atoms with Crippen molar-refractivity contribution in [2.75, 3.05) is 0 Å². The smallest absolute Gasteiger partial charge is 0.422 e. The average molecular weight is 362 g/mol. The summed E-state index contributed by atoms with van der Waals surface area (Å²) in [4.78, 5) is 26.0. The lowest BCUT2D eigenvalue weighted by molar-refractivity contribution is -0.176. The molecule has 142 valence electrons. The number of Topliss-reactive ketones (excluding diaryl/α,β-unsaturated/α-hetero) is 1. The Kier molecular flexibility index (Phi) is 2.92. The van der Waals surface area contributed by atoms with Crippen LogP contribution in [-0.2, 0) is 14.3 Å². The van der Waals surface area contributed by atoms with E-state index in [1.165, 1.54) is 0 Å². The molecule has 0 aromatic rings. The number of ketones is 1. The van der Waals surface area contributed by atoms with Gasteiger partial charge in [0.25, 0.3) is 0 Å². The quantitative estimate of drug-likeness (QED) is 0.504. The molecule has 26 heavy (non-hydrogen) atoms. The molecule has 0 amide bonds. The first kappa shape index (κ1) is 16.8. The van der Waals surface area contributed by atoms with Gasteiger partial charge in [-0.25, -0.2) is 4.79 Å². The fourth-order valence-electron chi connectivity index (χ4n) is 7.17. The Hall–Kier alpha value is -1.40. The van der Waals surface area contributed by atoms with Crippen molar-refractivity contribution in [3.05, 3.63) is 11.6 Å². The van der Waals surface area contributed by atoms with Crippen molar-refractivity contribution in [2.24, 2.45) is 34.5 Å². The lowest BCUT2D eigenvalue weighted by Crippen LogP contribution is -2.65. The summed E-state index contributed by atoms with van der Waals surface area (Å²) < 4.78 is 11.0. The molecule has 0 radical (unpaired) electrons. The molecule has 1 saturated heterocycles. The number of carbonyl (C=O) groups is 2. The Morgan fingerprint density at radius 2 is 1.88 bits per heavy atom. The van der Waals surface area contributed by atoms with Crippen molar-refractivity contribution >= 4 is 11.9 Å². The Morgan fingerprint density at radius 1 is 1.19 bits per heavy atom. The van der Waals surface area contributed by atoms with Crippen molar-refractivity contribution in [3.63, 3.8) is 0 Å². The van der Waals surface area contributed by atoms with E-state index >= 15 is 0 Å². The number of carbonyl (C=O) groups excluding carboxylic acids is 2. The molecule has 1 aliphatic heterocycles. The van der Waals surface area contributed by atoms with E-state index in [0.717, 1.165) is 12.0 Å². The van der Waals surface area contributed by atoms with E-state index in [2.05, 4.69) is 13.8 Å². The lowest BCUT2D eigenvalue weighted by Gasteiger charge is -2.46. The third-order valence-corrected chi connectivity index (χ3v) is 8.37. The summed E-state index contributed by atoms with van der Waals surface area (Å²) >= 11 is 0. The van der Waals surface area contributed by atoms with Gasteiger partial charge in [0.1, 0.15) is 6.10 Å². The first-order valence-electron chi connectivity index (χ1n) is 9.58. The second-order valence-electron chi connectivity index (χ2n) is 9.71. The zero-order valence-corrected chi connectivity index (χ0v) is 15.6. The van der Waals surface area contributed by atoms with Gasteiger partial charge in [-0.3, -0.25) is 4.79 Å². The van der Waals surface area contributed by atoms with Gasteiger partial charge < -0.3 is 19.7 Å². The van der Waals surface area contributed by atoms with Crippen LogP contribution >= 0.6 is 0 Å². The maximum atomic E-state index is 14.0. The monoisotopic (exact) mass is 362 g/mol. The standard InChI is InChI=1S/C20H26O6/c1-8-7-19-9(2)5-11-13(18(11,3)4)10(14(19)22)6-12(21)15(23)20(19)16(8)25-17(24)26-20/h7,9-13,15-16,21,23H,5-6H2,1-4H3/t9-,10+,11-,12+,13+,15-,16+,19-,20+/m1/s1. The molecule has 4 aliphatic carbocycles. The molecule has 9 atom stereocenters. The largest absolute Gasteiger partial charge is 0.509 e. The SMILES string of the molecule is CC1=C[C@@]23C(=O)[C@@H](C[C@H](O)[C@@H](O)[C@@]24OC(=O)O[C@@H]14)[C@H]1[C@@H](C[C@H]3C)C1(C)C. The lowest BCUT2D eigenvalue weighted by atomic mass is 9.59. The number of hydrogen-bond donors (Lipinski definition) is 2. The van der Waals surface area contributed by atoms with Crippen molar-refractivity contribution in [3.8, 4) is 0 Å². The van der Waals surface area contributed by atoms with Crippen molar-refractivity contribution in [1.29, 1.82) is 0 Å². The molecule has 2 bridgehead atoms. The molecule has 2 spiro atoms. The summed E-state index contributed by atoms with van der Waals surface area (Å²) in [5.41, 5.74) is -1.92.